The fourth-order valence-corrected chi connectivity index (χ4v) is 3.88. The number of carbonyl (C=O) groups is 2. The molecule has 0 aliphatic carbocycles. The Morgan fingerprint density at radius 2 is 1.61 bits per heavy atom. The van der Waals surface area contributed by atoms with Crippen LogP contribution in [0.15, 0.2) is 85.1 Å². The van der Waals surface area contributed by atoms with Gasteiger partial charge in [0.15, 0.2) is 0 Å². The number of carboxylic acids is 1. The van der Waals surface area contributed by atoms with Crippen LogP contribution in [0.4, 0.5) is 8.78 Å². The van der Waals surface area contributed by atoms with Crippen molar-refractivity contribution in [1.29, 1.82) is 0 Å². The molecule has 4 N–H and O–H groups in total. The van der Waals surface area contributed by atoms with E-state index in [1.54, 1.807) is 12.1 Å². The number of nitrogens with two attached hydrogens (primary N) is 1. The zero-order chi connectivity index (χ0) is 25.9. The number of hydrogen-bond acceptors (Lipinski definition) is 4. The summed E-state index contributed by atoms with van der Waals surface area (Å²) in [5.41, 5.74) is 6.44. The molecule has 1 atom stereocenters. The zero-order valence-corrected chi connectivity index (χ0v) is 19.5. The van der Waals surface area contributed by atoms with Crippen LogP contribution in [0.3, 0.4) is 0 Å². The first kappa shape index (κ1) is 25.0. The molecular weight excluding hydrogens is 490 g/mol. The van der Waals surface area contributed by atoms with Crippen molar-refractivity contribution in [3.8, 4) is 16.8 Å². The summed E-state index contributed by atoms with van der Waals surface area (Å²) in [7, 11) is 0. The number of amides is 1. The van der Waals surface area contributed by atoms with E-state index in [0.29, 0.717) is 10.6 Å². The summed E-state index contributed by atoms with van der Waals surface area (Å²) in [6, 6.07) is 17.3. The van der Waals surface area contributed by atoms with Crippen molar-refractivity contribution in [1.82, 2.24) is 15.1 Å². The van der Waals surface area contributed by atoms with Crippen LogP contribution in [0, 0.1) is 0 Å². The van der Waals surface area contributed by atoms with E-state index in [1.165, 1.54) is 24.3 Å². The summed E-state index contributed by atoms with van der Waals surface area (Å²) < 4.78 is 29.5. The van der Waals surface area contributed by atoms with E-state index in [9.17, 15) is 23.5 Å². The average molecular weight is 511 g/mol. The number of aromatic nitrogens is 2. The van der Waals surface area contributed by atoms with Crippen LogP contribution in [0.2, 0.25) is 5.02 Å². The molecule has 0 unspecified atom stereocenters. The number of nitrogens with zero attached hydrogens (tertiary/aromatic N) is 2. The number of carbonyl (C=O) groups excluding carboxylic acids is 1. The molecule has 3 aromatic carbocycles. The number of hydrogen-bond donors (Lipinski definition) is 3. The van der Waals surface area contributed by atoms with E-state index < -0.39 is 35.2 Å². The molecule has 4 aromatic rings. The van der Waals surface area contributed by atoms with E-state index in [4.69, 9.17) is 17.3 Å². The summed E-state index contributed by atoms with van der Waals surface area (Å²) in [5, 5.41) is 16.3. The molecule has 1 heterocycles. The lowest BCUT2D eigenvalue weighted by Crippen LogP contribution is -2.43. The minimum Gasteiger partial charge on any atom is -0.480 e. The Morgan fingerprint density at radius 3 is 2.19 bits per heavy atom. The largest absolute Gasteiger partial charge is 0.480 e. The summed E-state index contributed by atoms with van der Waals surface area (Å²) in [4.78, 5) is 24.8. The lowest BCUT2D eigenvalue weighted by Gasteiger charge is -2.18. The van der Waals surface area contributed by atoms with Crippen molar-refractivity contribution in [2.45, 2.75) is 18.5 Å². The van der Waals surface area contributed by atoms with Crippen LogP contribution in [0.5, 0.6) is 0 Å². The van der Waals surface area contributed by atoms with Gasteiger partial charge in [-0.3, -0.25) is 10.5 Å². The third kappa shape index (κ3) is 5.59. The van der Waals surface area contributed by atoms with Crippen molar-refractivity contribution in [3.05, 3.63) is 107 Å². The van der Waals surface area contributed by atoms with Gasteiger partial charge in [-0.2, -0.15) is 13.9 Å². The summed E-state index contributed by atoms with van der Waals surface area (Å²) >= 11 is 5.86. The van der Waals surface area contributed by atoms with Crippen LogP contribution in [-0.4, -0.2) is 32.8 Å². The standard InChI is InChI=1S/C26H21ClF2N4O3/c27-19-10-12-20(13-11-19)33-23(26(28,29)30)21(15-31-33)24(34)32-22(25(35)36)14-16-6-8-18(9-7-16)17-4-2-1-3-5-17/h1-13,15,22H,14,30H2,(H,32,34)(H,35,36)/t22-/m0/s1. The van der Waals surface area contributed by atoms with E-state index in [1.807, 2.05) is 42.5 Å². The second-order valence-electron chi connectivity index (χ2n) is 8.05. The highest BCUT2D eigenvalue weighted by molar-refractivity contribution is 6.30. The predicted molar refractivity (Wildman–Crippen MR) is 131 cm³/mol. The monoisotopic (exact) mass is 510 g/mol. The molecule has 7 nitrogen and oxygen atoms in total. The molecule has 0 aliphatic heterocycles. The molecule has 0 spiro atoms. The number of benzene rings is 3. The first-order chi connectivity index (χ1) is 17.1. The van der Waals surface area contributed by atoms with Gasteiger partial charge in [0.2, 0.25) is 0 Å². The topological polar surface area (TPSA) is 110 Å². The van der Waals surface area contributed by atoms with Gasteiger partial charge < -0.3 is 10.4 Å². The van der Waals surface area contributed by atoms with Crippen LogP contribution in [0.25, 0.3) is 16.8 Å². The minimum absolute atomic E-state index is 0.0597. The second-order valence-corrected chi connectivity index (χ2v) is 8.49. The predicted octanol–water partition coefficient (Wildman–Crippen LogP) is 4.63. The van der Waals surface area contributed by atoms with Gasteiger partial charge in [0.1, 0.15) is 11.7 Å². The Labute approximate surface area is 210 Å². The smallest absolute Gasteiger partial charge is 0.344 e. The van der Waals surface area contributed by atoms with Crippen molar-refractivity contribution in [3.63, 3.8) is 0 Å². The number of alkyl halides is 2. The van der Waals surface area contributed by atoms with Crippen molar-refractivity contribution < 1.29 is 23.5 Å². The van der Waals surface area contributed by atoms with E-state index in [-0.39, 0.29) is 12.1 Å². The number of carboxylic acid groups (broad SMARTS) is 1. The Morgan fingerprint density at radius 1 is 1.00 bits per heavy atom. The van der Waals surface area contributed by atoms with Gasteiger partial charge in [-0.1, -0.05) is 66.2 Å². The molecule has 0 bridgehead atoms. The molecule has 0 saturated carbocycles. The molecule has 184 valence electrons. The third-order valence-electron chi connectivity index (χ3n) is 5.51. The Hall–Kier alpha value is -4.08. The molecule has 1 aromatic heterocycles. The van der Waals surface area contributed by atoms with Gasteiger partial charge in [0.25, 0.3) is 5.91 Å². The number of halogens is 3. The maximum Gasteiger partial charge on any atom is 0.344 e. The van der Waals surface area contributed by atoms with Gasteiger partial charge in [-0.25, -0.2) is 9.48 Å². The van der Waals surface area contributed by atoms with Crippen LogP contribution in [0.1, 0.15) is 21.6 Å². The van der Waals surface area contributed by atoms with E-state index >= 15 is 0 Å². The second kappa shape index (κ2) is 10.3. The Kier molecular flexibility index (Phi) is 7.14. The molecule has 36 heavy (non-hydrogen) atoms. The molecule has 10 heteroatoms. The van der Waals surface area contributed by atoms with Gasteiger partial charge in [0, 0.05) is 11.4 Å². The first-order valence-corrected chi connectivity index (χ1v) is 11.2. The summed E-state index contributed by atoms with van der Waals surface area (Å²) in [5.74, 6) is -2.36. The van der Waals surface area contributed by atoms with Gasteiger partial charge in [-0.15, -0.1) is 0 Å². The van der Waals surface area contributed by atoms with Gasteiger partial charge in [-0.05, 0) is 41.0 Å². The molecule has 0 radical (unpaired) electrons. The fraction of sp³-hybridized carbons (Fsp3) is 0.115. The quantitative estimate of drug-likeness (QED) is 0.299. The number of nitrogens with one attached hydrogen (secondary N) is 1. The van der Waals surface area contributed by atoms with Crippen molar-refractivity contribution >= 4 is 23.5 Å². The van der Waals surface area contributed by atoms with Crippen molar-refractivity contribution in [2.75, 3.05) is 0 Å². The van der Waals surface area contributed by atoms with Crippen molar-refractivity contribution in [2.24, 2.45) is 5.73 Å². The molecule has 0 fully saturated rings. The van der Waals surface area contributed by atoms with Gasteiger partial charge >= 0.3 is 12.0 Å². The lowest BCUT2D eigenvalue weighted by atomic mass is 10.0. The van der Waals surface area contributed by atoms with E-state index in [0.717, 1.165) is 22.0 Å². The van der Waals surface area contributed by atoms with Crippen LogP contribution >= 0.6 is 11.6 Å². The molecular formula is C26H21ClF2N4O3. The summed E-state index contributed by atoms with van der Waals surface area (Å²) in [6.45, 7) is 0. The molecule has 4 rings (SSSR count). The van der Waals surface area contributed by atoms with Crippen LogP contribution < -0.4 is 11.1 Å². The highest BCUT2D eigenvalue weighted by Gasteiger charge is 2.37. The SMILES string of the molecule is NC(F)(F)c1c(C(=O)N[C@@H](Cc2ccc(-c3ccccc3)cc2)C(=O)O)cnn1-c1ccc(Cl)cc1. The zero-order valence-electron chi connectivity index (χ0n) is 18.7. The Bertz CT molecular complexity index is 1370. The molecule has 0 aliphatic rings. The maximum atomic E-state index is 14.3. The van der Waals surface area contributed by atoms with Crippen LogP contribution in [-0.2, 0) is 17.3 Å². The average Bonchev–Trinajstić information content (AvgIpc) is 3.31. The fourth-order valence-electron chi connectivity index (χ4n) is 3.75. The maximum absolute atomic E-state index is 14.3. The minimum atomic E-state index is -3.94. The normalized spacial score (nSPS) is 12.2. The number of aliphatic carboxylic acids is 1. The number of rotatable bonds is 8. The molecule has 1 amide bonds. The lowest BCUT2D eigenvalue weighted by molar-refractivity contribution is -0.139. The first-order valence-electron chi connectivity index (χ1n) is 10.8. The third-order valence-corrected chi connectivity index (χ3v) is 5.76. The molecule has 0 saturated heterocycles. The highest BCUT2D eigenvalue weighted by atomic mass is 35.5. The van der Waals surface area contributed by atoms with Gasteiger partial charge in [0.05, 0.1) is 17.4 Å². The highest BCUT2D eigenvalue weighted by Crippen LogP contribution is 2.28. The van der Waals surface area contributed by atoms with E-state index in [2.05, 4.69) is 10.4 Å². The summed E-state index contributed by atoms with van der Waals surface area (Å²) in [6.07, 6.45) is 0.865. The Balaban J connectivity index is 1.56.